The molecule has 1 N–H and O–H groups in total. The predicted molar refractivity (Wildman–Crippen MR) is 80.1 cm³/mol. The normalized spacial score (nSPS) is 16.7. The minimum atomic E-state index is 0.824. The first-order valence-corrected chi connectivity index (χ1v) is 7.29. The van der Waals surface area contributed by atoms with E-state index in [-0.39, 0.29) is 0 Å². The number of nitrogens with zero attached hydrogens (tertiary/aromatic N) is 1. The Morgan fingerprint density at radius 3 is 2.89 bits per heavy atom. The highest BCUT2D eigenvalue weighted by atomic mass is 14.9. The number of nitrogens with one attached hydrogen (secondary N) is 1. The predicted octanol–water partition coefficient (Wildman–Crippen LogP) is 3.68. The van der Waals surface area contributed by atoms with E-state index in [2.05, 4.69) is 47.6 Å². The fourth-order valence-corrected chi connectivity index (χ4v) is 2.66. The summed E-state index contributed by atoms with van der Waals surface area (Å²) in [6.45, 7) is 6.49. The van der Waals surface area contributed by atoms with E-state index in [1.54, 1.807) is 0 Å². The van der Waals surface area contributed by atoms with Crippen molar-refractivity contribution >= 4 is 10.9 Å². The lowest BCUT2D eigenvalue weighted by atomic mass is 10.1. The molecule has 0 aliphatic heterocycles. The Labute approximate surface area is 115 Å². The van der Waals surface area contributed by atoms with Crippen molar-refractivity contribution in [2.45, 2.75) is 33.2 Å². The maximum absolute atomic E-state index is 4.54. The summed E-state index contributed by atoms with van der Waals surface area (Å²) in [6.07, 6.45) is 2.87. The van der Waals surface area contributed by atoms with Crippen molar-refractivity contribution in [3.05, 3.63) is 41.6 Å². The van der Waals surface area contributed by atoms with E-state index in [9.17, 15) is 0 Å². The number of rotatable bonds is 5. The third kappa shape index (κ3) is 3.13. The van der Waals surface area contributed by atoms with Crippen molar-refractivity contribution in [1.29, 1.82) is 0 Å². The van der Waals surface area contributed by atoms with Crippen LogP contribution in [0.25, 0.3) is 10.9 Å². The molecule has 1 heterocycles. The number of pyridine rings is 1. The van der Waals surface area contributed by atoms with Gasteiger partial charge in [0.05, 0.1) is 5.52 Å². The second-order valence-corrected chi connectivity index (χ2v) is 5.93. The summed E-state index contributed by atoms with van der Waals surface area (Å²) in [4.78, 5) is 4.54. The molecule has 1 aliphatic carbocycles. The highest BCUT2D eigenvalue weighted by molar-refractivity contribution is 5.79. The standard InChI is InChI=1S/C17H22N2/c1-12(15-6-7-15)10-18-11-14-4-8-17-16(9-14)5-3-13(2)19-17/h3-5,8-9,12,15,18H,6-7,10-11H2,1-2H3. The molecule has 1 aromatic carbocycles. The van der Waals surface area contributed by atoms with E-state index in [1.807, 2.05) is 6.92 Å². The van der Waals surface area contributed by atoms with Gasteiger partial charge in [0.15, 0.2) is 0 Å². The van der Waals surface area contributed by atoms with E-state index in [1.165, 1.54) is 23.8 Å². The van der Waals surface area contributed by atoms with Gasteiger partial charge in [0.2, 0.25) is 0 Å². The fraction of sp³-hybridized carbons (Fsp3) is 0.471. The molecule has 2 heteroatoms. The maximum Gasteiger partial charge on any atom is 0.0705 e. The number of fused-ring (bicyclic) bond motifs is 1. The molecule has 0 saturated heterocycles. The number of hydrogen-bond donors (Lipinski definition) is 1. The maximum atomic E-state index is 4.54. The van der Waals surface area contributed by atoms with Crippen LogP contribution in [-0.4, -0.2) is 11.5 Å². The lowest BCUT2D eigenvalue weighted by Gasteiger charge is -2.11. The molecule has 1 saturated carbocycles. The molecule has 0 radical (unpaired) electrons. The van der Waals surface area contributed by atoms with Gasteiger partial charge in [0.25, 0.3) is 0 Å². The van der Waals surface area contributed by atoms with Gasteiger partial charge in [-0.05, 0) is 61.9 Å². The molecular formula is C17H22N2. The highest BCUT2D eigenvalue weighted by Crippen LogP contribution is 2.36. The van der Waals surface area contributed by atoms with Gasteiger partial charge >= 0.3 is 0 Å². The number of aromatic nitrogens is 1. The summed E-state index contributed by atoms with van der Waals surface area (Å²) in [5.41, 5.74) is 3.52. The van der Waals surface area contributed by atoms with Crippen molar-refractivity contribution in [1.82, 2.24) is 10.3 Å². The monoisotopic (exact) mass is 254 g/mol. The Bertz CT molecular complexity index is 572. The van der Waals surface area contributed by atoms with Crippen molar-refractivity contribution in [3.8, 4) is 0 Å². The summed E-state index contributed by atoms with van der Waals surface area (Å²) in [5, 5.41) is 4.81. The zero-order valence-electron chi connectivity index (χ0n) is 11.8. The molecular weight excluding hydrogens is 232 g/mol. The Hall–Kier alpha value is -1.41. The molecule has 3 rings (SSSR count). The zero-order valence-corrected chi connectivity index (χ0v) is 11.8. The summed E-state index contributed by atoms with van der Waals surface area (Å²) in [5.74, 6) is 1.81. The van der Waals surface area contributed by atoms with Gasteiger partial charge in [-0.2, -0.15) is 0 Å². The van der Waals surface area contributed by atoms with E-state index < -0.39 is 0 Å². The second-order valence-electron chi connectivity index (χ2n) is 5.93. The van der Waals surface area contributed by atoms with Crippen LogP contribution in [0.2, 0.25) is 0 Å². The van der Waals surface area contributed by atoms with Gasteiger partial charge in [-0.1, -0.05) is 19.1 Å². The summed E-state index contributed by atoms with van der Waals surface area (Å²) in [7, 11) is 0. The summed E-state index contributed by atoms with van der Waals surface area (Å²) >= 11 is 0. The van der Waals surface area contributed by atoms with Gasteiger partial charge in [0.1, 0.15) is 0 Å². The zero-order chi connectivity index (χ0) is 13.2. The fourth-order valence-electron chi connectivity index (χ4n) is 2.66. The molecule has 1 fully saturated rings. The van der Waals surface area contributed by atoms with Crippen LogP contribution >= 0.6 is 0 Å². The molecule has 1 unspecified atom stereocenters. The molecule has 0 spiro atoms. The van der Waals surface area contributed by atoms with Crippen LogP contribution < -0.4 is 5.32 Å². The molecule has 0 bridgehead atoms. The second kappa shape index (κ2) is 5.30. The first-order valence-electron chi connectivity index (χ1n) is 7.29. The van der Waals surface area contributed by atoms with Crippen LogP contribution in [0.1, 0.15) is 31.0 Å². The third-order valence-corrected chi connectivity index (χ3v) is 4.12. The van der Waals surface area contributed by atoms with Gasteiger partial charge in [-0.25, -0.2) is 0 Å². The van der Waals surface area contributed by atoms with Gasteiger partial charge in [-0.15, -0.1) is 0 Å². The minimum Gasteiger partial charge on any atom is -0.312 e. The molecule has 1 atom stereocenters. The SMILES string of the molecule is Cc1ccc2cc(CNCC(C)C3CC3)ccc2n1. The summed E-state index contributed by atoms with van der Waals surface area (Å²) in [6, 6.07) is 10.8. The van der Waals surface area contributed by atoms with Crippen LogP contribution in [0.5, 0.6) is 0 Å². The first kappa shape index (κ1) is 12.6. The van der Waals surface area contributed by atoms with E-state index in [0.717, 1.165) is 36.1 Å². The quantitative estimate of drug-likeness (QED) is 0.880. The summed E-state index contributed by atoms with van der Waals surface area (Å²) < 4.78 is 0. The van der Waals surface area contributed by atoms with Crippen LogP contribution in [0.4, 0.5) is 0 Å². The smallest absolute Gasteiger partial charge is 0.0705 e. The van der Waals surface area contributed by atoms with Crippen molar-refractivity contribution in [2.24, 2.45) is 11.8 Å². The van der Waals surface area contributed by atoms with E-state index >= 15 is 0 Å². The van der Waals surface area contributed by atoms with Crippen LogP contribution in [-0.2, 0) is 6.54 Å². The van der Waals surface area contributed by atoms with Gasteiger partial charge in [0, 0.05) is 17.6 Å². The van der Waals surface area contributed by atoms with E-state index in [0.29, 0.717) is 0 Å². The molecule has 100 valence electrons. The average Bonchev–Trinajstić information content (AvgIpc) is 3.23. The lowest BCUT2D eigenvalue weighted by molar-refractivity contribution is 0.462. The molecule has 19 heavy (non-hydrogen) atoms. The van der Waals surface area contributed by atoms with Crippen LogP contribution in [0.15, 0.2) is 30.3 Å². The third-order valence-electron chi connectivity index (χ3n) is 4.12. The van der Waals surface area contributed by atoms with Gasteiger partial charge in [-0.3, -0.25) is 4.98 Å². The van der Waals surface area contributed by atoms with Crippen LogP contribution in [0, 0.1) is 18.8 Å². The Balaban J connectivity index is 1.62. The van der Waals surface area contributed by atoms with Crippen molar-refractivity contribution in [2.75, 3.05) is 6.54 Å². The molecule has 2 nitrogen and oxygen atoms in total. The van der Waals surface area contributed by atoms with Gasteiger partial charge < -0.3 is 5.32 Å². The number of benzene rings is 1. The van der Waals surface area contributed by atoms with Crippen LogP contribution in [0.3, 0.4) is 0 Å². The number of aryl methyl sites for hydroxylation is 1. The number of hydrogen-bond acceptors (Lipinski definition) is 2. The Kier molecular flexibility index (Phi) is 3.52. The Morgan fingerprint density at radius 2 is 2.11 bits per heavy atom. The first-order chi connectivity index (χ1) is 9.22. The molecule has 1 aromatic heterocycles. The minimum absolute atomic E-state index is 0.824. The molecule has 0 amide bonds. The molecule has 1 aliphatic rings. The highest BCUT2D eigenvalue weighted by Gasteiger charge is 2.27. The van der Waals surface area contributed by atoms with Crippen molar-refractivity contribution in [3.63, 3.8) is 0 Å². The van der Waals surface area contributed by atoms with E-state index in [4.69, 9.17) is 0 Å². The Morgan fingerprint density at radius 1 is 1.26 bits per heavy atom. The largest absolute Gasteiger partial charge is 0.312 e. The van der Waals surface area contributed by atoms with Crippen molar-refractivity contribution < 1.29 is 0 Å². The lowest BCUT2D eigenvalue weighted by Crippen LogP contribution is -2.21. The topological polar surface area (TPSA) is 24.9 Å². The molecule has 2 aromatic rings. The average molecular weight is 254 g/mol.